The van der Waals surface area contributed by atoms with Crippen LogP contribution in [0.15, 0.2) is 0 Å². The van der Waals surface area contributed by atoms with Gasteiger partial charge < -0.3 is 32.3 Å². The number of hydrogen-bond acceptors (Lipinski definition) is 7. The van der Waals surface area contributed by atoms with Crippen molar-refractivity contribution in [2.45, 2.75) is 97.2 Å². The second-order valence-corrected chi connectivity index (χ2v) is 29.1. The normalized spacial score (nSPS) is 17.6. The van der Waals surface area contributed by atoms with E-state index in [4.69, 9.17) is 22.2 Å². The maximum absolute atomic E-state index is 10.3. The van der Waals surface area contributed by atoms with Crippen LogP contribution in [0.25, 0.3) is 0 Å². The second kappa shape index (κ2) is 12.9. The van der Waals surface area contributed by atoms with Gasteiger partial charge in [-0.15, -0.1) is 0 Å². The third-order valence-electron chi connectivity index (χ3n) is 4.20. The van der Waals surface area contributed by atoms with Gasteiger partial charge in [-0.1, -0.05) is 19.8 Å². The van der Waals surface area contributed by atoms with E-state index in [0.29, 0.717) is 6.54 Å². The Hall–Kier alpha value is 0.804. The molecule has 0 aliphatic rings. The van der Waals surface area contributed by atoms with Gasteiger partial charge in [0, 0.05) is 13.1 Å². The predicted octanol–water partition coefficient (Wildman–Crippen LogP) is 4.17. The summed E-state index contributed by atoms with van der Waals surface area (Å²) < 4.78 is 26.5. The van der Waals surface area contributed by atoms with Gasteiger partial charge in [-0.25, -0.2) is 0 Å². The minimum absolute atomic E-state index is 0.637. The van der Waals surface area contributed by atoms with Gasteiger partial charge in [0.05, 0.1) is 0 Å². The zero-order valence-corrected chi connectivity index (χ0v) is 26.3. The van der Waals surface area contributed by atoms with Gasteiger partial charge in [-0.3, -0.25) is 0 Å². The molecule has 182 valence electrons. The van der Waals surface area contributed by atoms with Crippen molar-refractivity contribution in [2.24, 2.45) is 5.73 Å². The quantitative estimate of drug-likeness (QED) is 0.198. The molecule has 4 N–H and O–H groups in total. The third-order valence-corrected chi connectivity index (χ3v) is 22.0. The number of unbranched alkanes of at least 4 members (excludes halogenated alkanes) is 1. The molecule has 0 heterocycles. The zero-order valence-electron chi connectivity index (χ0n) is 21.3. The highest BCUT2D eigenvalue weighted by atomic mass is 28.5. The van der Waals surface area contributed by atoms with Gasteiger partial charge in [0.1, 0.15) is 0 Å². The second-order valence-electron chi connectivity index (χ2n) is 10.4. The van der Waals surface area contributed by atoms with Crippen molar-refractivity contribution in [2.75, 3.05) is 19.6 Å². The van der Waals surface area contributed by atoms with Crippen molar-refractivity contribution >= 4 is 42.6 Å². The van der Waals surface area contributed by atoms with Crippen LogP contribution in [0.2, 0.25) is 71.0 Å². The first-order valence-electron chi connectivity index (χ1n) is 11.4. The Morgan fingerprint density at radius 2 is 1.27 bits per heavy atom. The van der Waals surface area contributed by atoms with Gasteiger partial charge in [-0.2, -0.15) is 0 Å². The van der Waals surface area contributed by atoms with Crippen LogP contribution in [-0.4, -0.2) is 67.0 Å². The molecular formula is C18H50N2O5Si5. The van der Waals surface area contributed by atoms with Crippen molar-refractivity contribution in [1.29, 1.82) is 0 Å². The monoisotopic (exact) mass is 514 g/mol. The Kier molecular flexibility index (Phi) is 13.2. The van der Waals surface area contributed by atoms with E-state index < -0.39 is 42.6 Å². The molecule has 0 aliphatic heterocycles. The van der Waals surface area contributed by atoms with Gasteiger partial charge in [-0.05, 0) is 84.0 Å². The molecule has 0 aromatic rings. The third kappa shape index (κ3) is 15.6. The van der Waals surface area contributed by atoms with Crippen molar-refractivity contribution in [3.8, 4) is 0 Å². The SMILES string of the molecule is CCCC[Si](C)(O[Si](C)(C)C)O[Si](C)(CCCNCCN)O[Si](C)(C)O[Si](C)(C)O. The lowest BCUT2D eigenvalue weighted by atomic mass is 10.4. The summed E-state index contributed by atoms with van der Waals surface area (Å²) in [7, 11) is -12.0. The highest BCUT2D eigenvalue weighted by Gasteiger charge is 2.48. The molecule has 0 saturated carbocycles. The molecule has 0 aromatic heterocycles. The van der Waals surface area contributed by atoms with Crippen molar-refractivity contribution in [3.05, 3.63) is 0 Å². The molecule has 0 saturated heterocycles. The first-order chi connectivity index (χ1) is 13.4. The number of nitrogens with one attached hydrogen (secondary N) is 1. The minimum atomic E-state index is -2.69. The van der Waals surface area contributed by atoms with Gasteiger partial charge >= 0.3 is 34.2 Å². The standard InChI is InChI=1S/C18H50N2O5Si5/c1-11-12-17-29(9,22-26(2,3)4)25-30(10,18-13-15-20-16-14-19)24-28(7,8)23-27(5,6)21/h20-21H,11-19H2,1-10H3. The largest absolute Gasteiger partial charge is 0.437 e. The van der Waals surface area contributed by atoms with Crippen LogP contribution < -0.4 is 11.1 Å². The Bertz CT molecular complexity index is 491. The maximum Gasteiger partial charge on any atom is 0.320 e. The molecule has 0 amide bonds. The summed E-state index contributed by atoms with van der Waals surface area (Å²) in [6, 6.07) is 1.84. The Balaban J connectivity index is 5.58. The summed E-state index contributed by atoms with van der Waals surface area (Å²) in [4.78, 5) is 10.3. The average Bonchev–Trinajstić information content (AvgIpc) is 2.47. The molecule has 0 aromatic carbocycles. The summed E-state index contributed by atoms with van der Waals surface area (Å²) in [6.07, 6.45) is 3.18. The molecule has 0 bridgehead atoms. The van der Waals surface area contributed by atoms with Gasteiger partial charge in [0.2, 0.25) is 0 Å². The minimum Gasteiger partial charge on any atom is -0.437 e. The fraction of sp³-hybridized carbons (Fsp3) is 1.00. The maximum atomic E-state index is 10.3. The van der Waals surface area contributed by atoms with Crippen LogP contribution in [0.1, 0.15) is 26.2 Å². The highest BCUT2D eigenvalue weighted by Crippen LogP contribution is 2.31. The van der Waals surface area contributed by atoms with Crippen molar-refractivity contribution in [1.82, 2.24) is 5.32 Å². The van der Waals surface area contributed by atoms with E-state index in [9.17, 15) is 4.80 Å². The first kappa shape index (κ1) is 30.8. The Morgan fingerprint density at radius 3 is 1.73 bits per heavy atom. The smallest absolute Gasteiger partial charge is 0.320 e. The summed E-state index contributed by atoms with van der Waals surface area (Å²) in [5, 5.41) is 3.36. The van der Waals surface area contributed by atoms with E-state index in [0.717, 1.165) is 44.4 Å². The molecular weight excluding hydrogens is 465 g/mol. The molecule has 30 heavy (non-hydrogen) atoms. The molecule has 0 aliphatic carbocycles. The lowest BCUT2D eigenvalue weighted by Gasteiger charge is -2.44. The fourth-order valence-electron chi connectivity index (χ4n) is 3.75. The molecule has 0 fully saturated rings. The Morgan fingerprint density at radius 1 is 0.733 bits per heavy atom. The van der Waals surface area contributed by atoms with Crippen LogP contribution in [0.5, 0.6) is 0 Å². The molecule has 0 rings (SSSR count). The molecule has 2 unspecified atom stereocenters. The zero-order chi connectivity index (χ0) is 23.7. The lowest BCUT2D eigenvalue weighted by molar-refractivity contribution is 0.271. The topological polar surface area (TPSA) is 95.2 Å². The number of nitrogens with two attached hydrogens (primary N) is 1. The summed E-state index contributed by atoms with van der Waals surface area (Å²) >= 11 is 0. The van der Waals surface area contributed by atoms with Crippen LogP contribution in [-0.2, 0) is 16.5 Å². The average molecular weight is 515 g/mol. The number of hydrogen-bond donors (Lipinski definition) is 3. The number of rotatable bonds is 17. The molecule has 12 heteroatoms. The van der Waals surface area contributed by atoms with Crippen LogP contribution in [0, 0.1) is 0 Å². The van der Waals surface area contributed by atoms with Crippen molar-refractivity contribution in [3.63, 3.8) is 0 Å². The van der Waals surface area contributed by atoms with E-state index >= 15 is 0 Å². The van der Waals surface area contributed by atoms with E-state index in [1.807, 2.05) is 13.1 Å². The lowest BCUT2D eigenvalue weighted by Crippen LogP contribution is -2.60. The van der Waals surface area contributed by atoms with Crippen molar-refractivity contribution < 1.29 is 21.3 Å². The first-order valence-corrected chi connectivity index (χ1v) is 25.5. The van der Waals surface area contributed by atoms with Crippen LogP contribution in [0.3, 0.4) is 0 Å². The molecule has 2 atom stereocenters. The highest BCUT2D eigenvalue weighted by molar-refractivity contribution is 6.90. The van der Waals surface area contributed by atoms with Gasteiger partial charge in [0.25, 0.3) is 0 Å². The molecule has 7 nitrogen and oxygen atoms in total. The molecule has 0 radical (unpaired) electrons. The molecule has 0 spiro atoms. The summed E-state index contributed by atoms with van der Waals surface area (Å²) in [6.45, 7) is 23.2. The van der Waals surface area contributed by atoms with Crippen LogP contribution >= 0.6 is 0 Å². The van der Waals surface area contributed by atoms with E-state index in [1.165, 1.54) is 0 Å². The fourth-order valence-corrected chi connectivity index (χ4v) is 26.6. The van der Waals surface area contributed by atoms with Crippen LogP contribution in [0.4, 0.5) is 0 Å². The van der Waals surface area contributed by atoms with Gasteiger partial charge in [0.15, 0.2) is 8.32 Å². The van der Waals surface area contributed by atoms with E-state index in [1.54, 1.807) is 13.1 Å². The van der Waals surface area contributed by atoms with E-state index in [2.05, 4.69) is 45.0 Å². The summed E-state index contributed by atoms with van der Waals surface area (Å²) in [5.41, 5.74) is 5.59. The Labute approximate surface area is 191 Å². The summed E-state index contributed by atoms with van der Waals surface area (Å²) in [5.74, 6) is 0. The predicted molar refractivity (Wildman–Crippen MR) is 139 cm³/mol. The van der Waals surface area contributed by atoms with E-state index in [-0.39, 0.29) is 0 Å².